The van der Waals surface area contributed by atoms with Crippen molar-refractivity contribution in [3.05, 3.63) is 109 Å². The second-order valence-electron chi connectivity index (χ2n) is 15.4. The maximum absolute atomic E-state index is 14.3. The number of aromatic nitrogens is 8. The van der Waals surface area contributed by atoms with Gasteiger partial charge in [-0.3, -0.25) is 38.2 Å². The molecule has 4 aromatic heterocycles. The molecule has 28 nitrogen and oxygen atoms in total. The average Bonchev–Trinajstić information content (AvgIpc) is 2.89. The summed E-state index contributed by atoms with van der Waals surface area (Å²) in [5.41, 5.74) is -4.47. The lowest BCUT2D eigenvalue weighted by molar-refractivity contribution is -0.207. The molecule has 16 atom stereocenters. The van der Waals surface area contributed by atoms with Crippen molar-refractivity contribution in [3.8, 4) is 0 Å². The molecule has 4 aliphatic rings. The first-order valence-electron chi connectivity index (χ1n) is 23.0. The first-order valence-corrected chi connectivity index (χ1v) is 21.6. The van der Waals surface area contributed by atoms with Gasteiger partial charge < -0.3 is 80.2 Å². The Kier molecular flexibility index (Phi) is 16.6. The van der Waals surface area contributed by atoms with Crippen LogP contribution in [0.4, 0.5) is 35.1 Å². The lowest BCUT2D eigenvalue weighted by Gasteiger charge is -2.19. The number of nitrogens with zero attached hydrogens (tertiary/aromatic N) is 4. The standard InChI is InChI=1S/4C9H10F2N2O5S/c4*10-3-1-13(8(17)12-6(3)19)7-4(15)5(16)9(11,2-14)18-7/h4*1,4-5,7,14-16H,2H2,(H,12,17,19)/t4*4-,5+,7-,9-/m1111/s1/i2D2,7D;7D;2D2;. The summed E-state index contributed by atoms with van der Waals surface area (Å²) >= 11 is 17.8. The quantitative estimate of drug-likeness (QED) is 0.0588. The Morgan fingerprint density at radius 2 is 0.697 bits per heavy atom. The van der Waals surface area contributed by atoms with Gasteiger partial charge >= 0.3 is 22.8 Å². The van der Waals surface area contributed by atoms with E-state index in [0.29, 0.717) is 33.9 Å². The molecule has 4 aliphatic heterocycles. The van der Waals surface area contributed by atoms with E-state index in [9.17, 15) is 95.2 Å². The normalized spacial score (nSPS) is 38.2. The molecule has 0 unspecified atom stereocenters. The third-order valence-corrected chi connectivity index (χ3v) is 11.7. The SMILES string of the molecule is O=c1[nH]c(=S)c(F)cn1[C@@H]1O[C@](F)(CO)[C@@H](O)[C@H]1O.[2H]C([2H])(O)[C@@]1(F)O[C@@H](n2cc(F)c(=S)[nH]c2=O)[C@H](O)[C@@H]1O.[2H]C([2H])(O)[C@@]1(F)O[C@@]([2H])(n2cc(F)c(=S)[nH]c2=O)[C@H](O)[C@@H]1O.[2H][C@@]1(n2cc(F)c(=S)[nH]c2=O)O[C@](F)(CO)[C@@H](O)[C@H]1O. The maximum Gasteiger partial charge on any atom is 0.328 e. The van der Waals surface area contributed by atoms with Crippen LogP contribution < -0.4 is 22.8 Å². The van der Waals surface area contributed by atoms with E-state index in [1.807, 2.05) is 15.0 Å². The minimum atomic E-state index is -3.93. The number of aliphatic hydroxyl groups excluding tert-OH is 10. The molecule has 4 fully saturated rings. The summed E-state index contributed by atoms with van der Waals surface area (Å²) in [5, 5.41) is 112. The molecule has 0 bridgehead atoms. The zero-order valence-corrected chi connectivity index (χ0v) is 39.8. The van der Waals surface area contributed by atoms with Gasteiger partial charge in [0.1, 0.15) is 93.7 Å². The summed E-state index contributed by atoms with van der Waals surface area (Å²) in [5.74, 6) is -18.1. The molecule has 0 spiro atoms. The van der Waals surface area contributed by atoms with Gasteiger partial charge in [0.05, 0.1) is 33.0 Å². The van der Waals surface area contributed by atoms with Crippen LogP contribution >= 0.6 is 48.9 Å². The maximum atomic E-state index is 14.3. The van der Waals surface area contributed by atoms with Crippen LogP contribution in [-0.2, 0) is 18.9 Å². The van der Waals surface area contributed by atoms with Gasteiger partial charge in [-0.25, -0.2) is 54.3 Å². The summed E-state index contributed by atoms with van der Waals surface area (Å²) in [6.45, 7) is -10.1. The minimum Gasteiger partial charge on any atom is -0.390 e. The van der Waals surface area contributed by atoms with Gasteiger partial charge in [-0.1, -0.05) is 48.9 Å². The highest BCUT2D eigenvalue weighted by Gasteiger charge is 2.59. The molecule has 8 heterocycles. The Bertz CT molecular complexity index is 3570. The molecule has 0 radical (unpaired) electrons. The third kappa shape index (κ3) is 12.1. The van der Waals surface area contributed by atoms with Crippen LogP contribution in [0, 0.1) is 41.8 Å². The molecule has 40 heteroatoms. The molecule has 0 amide bonds. The highest BCUT2D eigenvalue weighted by atomic mass is 32.1. The first kappa shape index (κ1) is 53.2. The van der Waals surface area contributed by atoms with Gasteiger partial charge in [0.2, 0.25) is 0 Å². The lowest BCUT2D eigenvalue weighted by atomic mass is 10.1. The molecular formula is C36H40F8N8O20S4. The number of aromatic amines is 4. The van der Waals surface area contributed by atoms with Crippen molar-refractivity contribution in [2.24, 2.45) is 0 Å². The van der Waals surface area contributed by atoms with Crippen molar-refractivity contribution in [1.29, 1.82) is 0 Å². The van der Waals surface area contributed by atoms with E-state index < -0.39 is 188 Å². The van der Waals surface area contributed by atoms with Crippen LogP contribution in [-0.4, -0.2) is 198 Å². The van der Waals surface area contributed by atoms with Crippen molar-refractivity contribution in [1.82, 2.24) is 38.2 Å². The van der Waals surface area contributed by atoms with Gasteiger partial charge in [0.15, 0.2) is 48.1 Å². The van der Waals surface area contributed by atoms with E-state index in [4.69, 9.17) is 28.7 Å². The molecule has 0 aliphatic carbocycles. The van der Waals surface area contributed by atoms with Crippen LogP contribution in [0.15, 0.2) is 44.0 Å². The van der Waals surface area contributed by atoms with Crippen LogP contribution in [0.3, 0.4) is 0 Å². The van der Waals surface area contributed by atoms with Gasteiger partial charge in [-0.15, -0.1) is 0 Å². The van der Waals surface area contributed by atoms with E-state index in [1.165, 1.54) is 0 Å². The number of nitrogens with one attached hydrogen (secondary N) is 4. The number of ether oxygens (including phenoxy) is 4. The monoisotopic (exact) mass is 1190 g/mol. The van der Waals surface area contributed by atoms with Crippen LogP contribution in [0.2, 0.25) is 0 Å². The Morgan fingerprint density at radius 3 is 0.974 bits per heavy atom. The van der Waals surface area contributed by atoms with E-state index in [2.05, 4.69) is 67.8 Å². The van der Waals surface area contributed by atoms with E-state index >= 15 is 0 Å². The molecule has 0 aromatic carbocycles. The van der Waals surface area contributed by atoms with Gasteiger partial charge in [0.25, 0.3) is 23.4 Å². The minimum absolute atomic E-state index is 0.0408. The molecule has 0 saturated carbocycles. The van der Waals surface area contributed by atoms with Crippen LogP contribution in [0.5, 0.6) is 0 Å². The summed E-state index contributed by atoms with van der Waals surface area (Å²) in [7, 11) is 0. The Balaban J connectivity index is 0.000000201. The summed E-state index contributed by atoms with van der Waals surface area (Å²) in [4.78, 5) is 54.0. The van der Waals surface area contributed by atoms with Crippen molar-refractivity contribution in [2.75, 3.05) is 26.3 Å². The lowest BCUT2D eigenvalue weighted by Crippen LogP contribution is -2.42. The third-order valence-electron chi connectivity index (χ3n) is 10.5. The van der Waals surface area contributed by atoms with Crippen LogP contribution in [0.25, 0.3) is 0 Å². The second-order valence-corrected chi connectivity index (χ2v) is 17.1. The molecular weight excluding hydrogens is 1140 g/mol. The molecule has 76 heavy (non-hydrogen) atoms. The highest BCUT2D eigenvalue weighted by Crippen LogP contribution is 2.40. The van der Waals surface area contributed by atoms with E-state index in [1.54, 1.807) is 4.98 Å². The van der Waals surface area contributed by atoms with Gasteiger partial charge in [0, 0.05) is 0 Å². The summed E-state index contributed by atoms with van der Waals surface area (Å²) in [6, 6.07) is 0. The fraction of sp³-hybridized carbons (Fsp3) is 0.556. The zero-order chi connectivity index (χ0) is 62.9. The number of rotatable bonds is 8. The first-order chi connectivity index (χ1) is 37.3. The Morgan fingerprint density at radius 1 is 0.461 bits per heavy atom. The van der Waals surface area contributed by atoms with E-state index in [-0.39, 0.29) is 9.13 Å². The fourth-order valence-corrected chi connectivity index (χ4v) is 7.06. The number of hydrogen-bond donors (Lipinski definition) is 16. The largest absolute Gasteiger partial charge is 0.390 e. The highest BCUT2D eigenvalue weighted by molar-refractivity contribution is 7.72. The topological polar surface area (TPSA) is 431 Å². The van der Waals surface area contributed by atoms with E-state index in [0.717, 1.165) is 0 Å². The number of aliphatic hydroxyl groups is 12. The molecule has 424 valence electrons. The molecule has 8 rings (SSSR count). The van der Waals surface area contributed by atoms with Crippen molar-refractivity contribution in [3.63, 3.8) is 0 Å². The smallest absolute Gasteiger partial charge is 0.328 e. The zero-order valence-electron chi connectivity index (χ0n) is 42.6. The molecule has 16 N–H and O–H groups in total. The van der Waals surface area contributed by atoms with Gasteiger partial charge in [-0.2, -0.15) is 0 Å². The predicted molar refractivity (Wildman–Crippen MR) is 236 cm³/mol. The number of alkyl halides is 4. The summed E-state index contributed by atoms with van der Waals surface area (Å²) in [6.07, 6.45) is -26.2. The summed E-state index contributed by atoms with van der Waals surface area (Å²) < 4.78 is 170. The Hall–Kier alpha value is -4.80. The molecule has 4 aromatic rings. The fourth-order valence-electron chi connectivity index (χ4n) is 6.50. The van der Waals surface area contributed by atoms with Crippen molar-refractivity contribution in [2.45, 2.75) is 97.1 Å². The number of H-pyrrole nitrogens is 4. The number of hydrogen-bond acceptors (Lipinski definition) is 24. The molecule has 4 saturated heterocycles. The van der Waals surface area contributed by atoms with Crippen molar-refractivity contribution >= 4 is 48.9 Å². The number of halogens is 8. The van der Waals surface area contributed by atoms with Crippen LogP contribution in [0.1, 0.15) is 33.1 Å². The predicted octanol–water partition coefficient (Wildman–Crippen LogP) is -4.19. The van der Waals surface area contributed by atoms with Crippen molar-refractivity contribution < 1.29 is 124 Å². The van der Waals surface area contributed by atoms with Gasteiger partial charge in [-0.05, 0) is 0 Å². The average molecular weight is 1190 g/mol. The Labute approximate surface area is 441 Å². The second kappa shape index (κ2) is 23.7.